The topological polar surface area (TPSA) is 63.2 Å². The second-order valence-electron chi connectivity index (χ2n) is 5.27. The van der Waals surface area contributed by atoms with E-state index in [9.17, 15) is 26.4 Å². The molecule has 0 aromatic heterocycles. The number of alkyl halides is 3. The van der Waals surface area contributed by atoms with Crippen LogP contribution in [0.1, 0.15) is 15.9 Å². The van der Waals surface area contributed by atoms with Crippen molar-refractivity contribution in [3.8, 4) is 0 Å². The third-order valence-corrected chi connectivity index (χ3v) is 4.36. The minimum atomic E-state index is -4.34. The number of ketones is 1. The Morgan fingerprint density at radius 1 is 1.04 bits per heavy atom. The zero-order valence-electron chi connectivity index (χ0n) is 13.4. The van der Waals surface area contributed by atoms with E-state index < -0.39 is 15.5 Å². The van der Waals surface area contributed by atoms with E-state index in [0.717, 1.165) is 6.26 Å². The van der Waals surface area contributed by atoms with Gasteiger partial charge in [0.05, 0.1) is 6.26 Å². The molecule has 0 saturated heterocycles. The van der Waals surface area contributed by atoms with Crippen LogP contribution in [0.25, 0.3) is 6.08 Å². The highest BCUT2D eigenvalue weighted by atomic mass is 32.2. The van der Waals surface area contributed by atoms with Gasteiger partial charge in [-0.05, 0) is 59.8 Å². The molecule has 26 heavy (non-hydrogen) atoms. The van der Waals surface area contributed by atoms with Crippen molar-refractivity contribution >= 4 is 39.3 Å². The predicted molar refractivity (Wildman–Crippen MR) is 96.6 cm³/mol. The molecule has 0 bridgehead atoms. The van der Waals surface area contributed by atoms with Crippen LogP contribution >= 0.6 is 11.8 Å². The molecule has 0 spiro atoms. The molecular weight excluding hydrogens is 387 g/mol. The van der Waals surface area contributed by atoms with Gasteiger partial charge < -0.3 is 0 Å². The fourth-order valence-corrected chi connectivity index (χ4v) is 3.07. The molecule has 2 rings (SSSR count). The summed E-state index contributed by atoms with van der Waals surface area (Å²) in [5.74, 6) is -0.315. The maximum Gasteiger partial charge on any atom is 0.446 e. The Balaban J connectivity index is 2.02. The highest BCUT2D eigenvalue weighted by Crippen LogP contribution is 2.36. The van der Waals surface area contributed by atoms with E-state index in [4.69, 9.17) is 0 Å². The molecule has 0 fully saturated rings. The van der Waals surface area contributed by atoms with Crippen molar-refractivity contribution in [3.05, 3.63) is 65.7 Å². The number of anilines is 1. The first kappa shape index (κ1) is 20.1. The molecule has 2 aromatic rings. The number of carbonyl (C=O) groups is 1. The van der Waals surface area contributed by atoms with E-state index in [2.05, 4.69) is 4.72 Å². The van der Waals surface area contributed by atoms with E-state index in [1.807, 2.05) is 0 Å². The van der Waals surface area contributed by atoms with Gasteiger partial charge in [-0.15, -0.1) is 0 Å². The van der Waals surface area contributed by atoms with Gasteiger partial charge in [-0.1, -0.05) is 18.2 Å². The van der Waals surface area contributed by atoms with Gasteiger partial charge in [0.2, 0.25) is 10.0 Å². The van der Waals surface area contributed by atoms with Gasteiger partial charge in [-0.2, -0.15) is 13.2 Å². The van der Waals surface area contributed by atoms with Crippen molar-refractivity contribution < 1.29 is 26.4 Å². The van der Waals surface area contributed by atoms with Crippen molar-refractivity contribution in [2.45, 2.75) is 10.4 Å². The molecule has 0 aliphatic carbocycles. The highest BCUT2D eigenvalue weighted by molar-refractivity contribution is 8.00. The van der Waals surface area contributed by atoms with Gasteiger partial charge >= 0.3 is 5.51 Å². The second kappa shape index (κ2) is 7.96. The lowest BCUT2D eigenvalue weighted by atomic mass is 10.1. The summed E-state index contributed by atoms with van der Waals surface area (Å²) in [6, 6.07) is 11.5. The Morgan fingerprint density at radius 2 is 1.62 bits per heavy atom. The second-order valence-corrected chi connectivity index (χ2v) is 8.15. The van der Waals surface area contributed by atoms with Crippen LogP contribution in [0.5, 0.6) is 0 Å². The summed E-state index contributed by atoms with van der Waals surface area (Å²) < 4.78 is 61.3. The fraction of sp³-hybridized carbons (Fsp3) is 0.118. The molecule has 138 valence electrons. The first-order valence-electron chi connectivity index (χ1n) is 7.18. The van der Waals surface area contributed by atoms with Crippen molar-refractivity contribution in [2.24, 2.45) is 0 Å². The van der Waals surface area contributed by atoms with E-state index in [-0.39, 0.29) is 22.4 Å². The molecule has 0 heterocycles. The number of allylic oxidation sites excluding steroid dienone is 1. The SMILES string of the molecule is CS(=O)(=O)Nc1ccc(C(=O)/C=C/c2ccc(SC(F)(F)F)cc2)cc1. The first-order valence-corrected chi connectivity index (χ1v) is 9.89. The van der Waals surface area contributed by atoms with Crippen LogP contribution in [-0.2, 0) is 10.0 Å². The number of rotatable bonds is 6. The summed E-state index contributed by atoms with van der Waals surface area (Å²) in [5, 5.41) is 0. The summed E-state index contributed by atoms with van der Waals surface area (Å²) in [6.45, 7) is 0. The summed E-state index contributed by atoms with van der Waals surface area (Å²) in [6.07, 6.45) is 3.81. The van der Waals surface area contributed by atoms with Gasteiger partial charge in [0.1, 0.15) is 0 Å². The minimum absolute atomic E-state index is 0.0648. The monoisotopic (exact) mass is 401 g/mol. The van der Waals surface area contributed by atoms with Gasteiger partial charge in [0.25, 0.3) is 0 Å². The van der Waals surface area contributed by atoms with Crippen LogP contribution in [0, 0.1) is 0 Å². The molecule has 0 saturated carbocycles. The number of hydrogen-bond donors (Lipinski definition) is 1. The molecular formula is C17H14F3NO3S2. The first-order chi connectivity index (χ1) is 12.0. The van der Waals surface area contributed by atoms with Crippen LogP contribution in [0.3, 0.4) is 0 Å². The molecule has 0 atom stereocenters. The summed E-state index contributed by atoms with van der Waals surface area (Å²) in [7, 11) is -3.39. The van der Waals surface area contributed by atoms with E-state index in [1.165, 1.54) is 60.7 Å². The van der Waals surface area contributed by atoms with Crippen LogP contribution in [0.15, 0.2) is 59.5 Å². The molecule has 0 unspecified atom stereocenters. The van der Waals surface area contributed by atoms with Crippen LogP contribution in [0.4, 0.5) is 18.9 Å². The molecule has 0 radical (unpaired) electrons. The van der Waals surface area contributed by atoms with Crippen molar-refractivity contribution in [1.82, 2.24) is 0 Å². The molecule has 4 nitrogen and oxygen atoms in total. The number of sulfonamides is 1. The maximum absolute atomic E-state index is 12.3. The third kappa shape index (κ3) is 6.93. The number of carbonyl (C=O) groups excluding carboxylic acids is 1. The lowest BCUT2D eigenvalue weighted by Crippen LogP contribution is -2.09. The Hall–Kier alpha value is -2.26. The number of nitrogens with one attached hydrogen (secondary N) is 1. The van der Waals surface area contributed by atoms with Gasteiger partial charge in [-0.3, -0.25) is 9.52 Å². The van der Waals surface area contributed by atoms with Gasteiger partial charge in [-0.25, -0.2) is 8.42 Å². The molecule has 9 heteroatoms. The summed E-state index contributed by atoms with van der Waals surface area (Å²) in [4.78, 5) is 12.2. The Bertz CT molecular complexity index is 904. The largest absolute Gasteiger partial charge is 0.446 e. The molecule has 2 aromatic carbocycles. The quantitative estimate of drug-likeness (QED) is 0.438. The van der Waals surface area contributed by atoms with Crippen LogP contribution in [0.2, 0.25) is 0 Å². The van der Waals surface area contributed by atoms with E-state index in [1.54, 1.807) is 0 Å². The van der Waals surface area contributed by atoms with Crippen molar-refractivity contribution in [1.29, 1.82) is 0 Å². The minimum Gasteiger partial charge on any atom is -0.289 e. The zero-order chi connectivity index (χ0) is 19.4. The Morgan fingerprint density at radius 3 is 2.12 bits per heavy atom. The Labute approximate surface area is 153 Å². The lowest BCUT2D eigenvalue weighted by Gasteiger charge is -2.05. The third-order valence-electron chi connectivity index (χ3n) is 3.01. The predicted octanol–water partition coefficient (Wildman–Crippen LogP) is 4.57. The van der Waals surface area contributed by atoms with Crippen LogP contribution < -0.4 is 4.72 Å². The van der Waals surface area contributed by atoms with Crippen LogP contribution in [-0.4, -0.2) is 26.0 Å². The molecule has 0 amide bonds. The smallest absolute Gasteiger partial charge is 0.289 e. The van der Waals surface area contributed by atoms with E-state index >= 15 is 0 Å². The standard InChI is InChI=1S/C17H14F3NO3S2/c1-26(23,24)21-14-7-5-13(6-8-14)16(22)11-4-12-2-9-15(10-3-12)25-17(18,19)20/h2-11,21H,1H3/b11-4+. The molecule has 1 N–H and O–H groups in total. The van der Waals surface area contributed by atoms with Crippen molar-refractivity contribution in [2.75, 3.05) is 11.0 Å². The Kier molecular flexibility index (Phi) is 6.14. The normalized spacial score (nSPS) is 12.3. The number of thioether (sulfide) groups is 1. The number of hydrogen-bond acceptors (Lipinski definition) is 4. The van der Waals surface area contributed by atoms with Gasteiger partial charge in [0, 0.05) is 16.1 Å². The lowest BCUT2D eigenvalue weighted by molar-refractivity contribution is -0.0328. The highest BCUT2D eigenvalue weighted by Gasteiger charge is 2.28. The maximum atomic E-state index is 12.3. The summed E-state index contributed by atoms with van der Waals surface area (Å²) >= 11 is -0.204. The summed E-state index contributed by atoms with van der Waals surface area (Å²) in [5.41, 5.74) is -3.07. The van der Waals surface area contributed by atoms with Crippen molar-refractivity contribution in [3.63, 3.8) is 0 Å². The fourth-order valence-electron chi connectivity index (χ4n) is 1.97. The molecule has 0 aliphatic rings. The number of halogens is 3. The number of benzene rings is 2. The zero-order valence-corrected chi connectivity index (χ0v) is 15.1. The average molecular weight is 401 g/mol. The van der Waals surface area contributed by atoms with Gasteiger partial charge in [0.15, 0.2) is 5.78 Å². The molecule has 0 aliphatic heterocycles. The average Bonchev–Trinajstić information content (AvgIpc) is 2.51. The van der Waals surface area contributed by atoms with E-state index in [0.29, 0.717) is 16.8 Å².